The summed E-state index contributed by atoms with van der Waals surface area (Å²) in [6, 6.07) is 18.4. The molecular formula is C30H25ClF3N7O2S2. The lowest BCUT2D eigenvalue weighted by Crippen LogP contribution is -2.33. The molecule has 1 atom stereocenters. The van der Waals surface area contributed by atoms with E-state index < -0.39 is 11.1 Å². The van der Waals surface area contributed by atoms with E-state index in [-0.39, 0.29) is 22.7 Å². The number of hydrogen-bond acceptors (Lipinski definition) is 7. The zero-order valence-corrected chi connectivity index (χ0v) is 26.4. The molecule has 0 spiro atoms. The van der Waals surface area contributed by atoms with Crippen molar-refractivity contribution < 1.29 is 22.7 Å². The van der Waals surface area contributed by atoms with Crippen molar-refractivity contribution in [3.05, 3.63) is 89.7 Å². The third kappa shape index (κ3) is 7.88. The molecule has 0 bridgehead atoms. The molecular weight excluding hydrogens is 647 g/mol. The highest BCUT2D eigenvalue weighted by atomic mass is 35.5. The lowest BCUT2D eigenvalue weighted by Gasteiger charge is -2.22. The number of hydrogen-bond donors (Lipinski definition) is 1. The van der Waals surface area contributed by atoms with Gasteiger partial charge in [-0.2, -0.15) is 10.1 Å². The third-order valence-corrected chi connectivity index (χ3v) is 7.96. The minimum absolute atomic E-state index is 0.0560. The molecule has 1 N–H and O–H groups in total. The Hall–Kier alpha value is -4.27. The van der Waals surface area contributed by atoms with Crippen LogP contribution in [0.4, 0.5) is 18.9 Å². The van der Waals surface area contributed by atoms with Gasteiger partial charge < -0.3 is 4.74 Å². The monoisotopic (exact) mass is 671 g/mol. The van der Waals surface area contributed by atoms with E-state index in [0.29, 0.717) is 22.2 Å². The maximum Gasteiger partial charge on any atom is 0.573 e. The summed E-state index contributed by atoms with van der Waals surface area (Å²) in [6.07, 6.45) is -1.75. The predicted molar refractivity (Wildman–Crippen MR) is 174 cm³/mol. The second-order valence-corrected chi connectivity index (χ2v) is 12.2. The van der Waals surface area contributed by atoms with Gasteiger partial charge in [0.1, 0.15) is 12.1 Å². The first kappa shape index (κ1) is 32.1. The fourth-order valence-electron chi connectivity index (χ4n) is 4.34. The summed E-state index contributed by atoms with van der Waals surface area (Å²) >= 11 is 12.8. The first-order valence-corrected chi connectivity index (χ1v) is 15.2. The Morgan fingerprint density at radius 1 is 1.13 bits per heavy atom. The Balaban J connectivity index is 1.23. The van der Waals surface area contributed by atoms with Crippen molar-refractivity contribution in [2.45, 2.75) is 37.8 Å². The Morgan fingerprint density at radius 2 is 1.84 bits per heavy atom. The number of carbonyl (C=O) groups is 1. The summed E-state index contributed by atoms with van der Waals surface area (Å²) in [4.78, 5) is 23.2. The molecule has 45 heavy (non-hydrogen) atoms. The van der Waals surface area contributed by atoms with Gasteiger partial charge in [-0.15, -0.1) is 18.3 Å². The van der Waals surface area contributed by atoms with E-state index in [9.17, 15) is 18.0 Å². The second-order valence-electron chi connectivity index (χ2n) is 10.1. The number of aliphatic imine (C=N–C) groups is 1. The van der Waals surface area contributed by atoms with Crippen LogP contribution in [-0.2, 0) is 4.79 Å². The van der Waals surface area contributed by atoms with Gasteiger partial charge in [0.25, 0.3) is 5.91 Å². The number of rotatable bonds is 7. The number of benzene rings is 3. The van der Waals surface area contributed by atoms with Crippen LogP contribution in [-0.4, -0.2) is 48.2 Å². The van der Waals surface area contributed by atoms with E-state index >= 15 is 0 Å². The molecule has 15 heteroatoms. The van der Waals surface area contributed by atoms with Crippen molar-refractivity contribution in [3.8, 4) is 22.8 Å². The highest BCUT2D eigenvalue weighted by molar-refractivity contribution is 8.17. The zero-order chi connectivity index (χ0) is 32.3. The van der Waals surface area contributed by atoms with Gasteiger partial charge in [0, 0.05) is 5.56 Å². The van der Waals surface area contributed by atoms with Gasteiger partial charge in [-0.1, -0.05) is 73.6 Å². The van der Waals surface area contributed by atoms with Crippen LogP contribution >= 0.6 is 35.6 Å². The van der Waals surface area contributed by atoms with Crippen molar-refractivity contribution in [1.82, 2.24) is 20.2 Å². The number of nitrogens with zero attached hydrogens (tertiary/aromatic N) is 6. The number of ether oxygens (including phenoxy) is 1. The Bertz CT molecular complexity index is 1780. The van der Waals surface area contributed by atoms with Crippen molar-refractivity contribution >= 4 is 63.7 Å². The zero-order valence-electron chi connectivity index (χ0n) is 24.0. The standard InChI is InChI=1S/C30H25ClF3N7O2S2/c1-17(2)23-13-4-18(3)14-24(23)41-27(42)25(31)45-29(41)37-28(44)38-36-15-19-5-7-20(8-6-19)26-35-16-40(39-26)21-9-11-22(12-10-21)43-30(32,33)34/h4-17,25H,1-3H3,(H,38,44)/b36-15+,37-29-. The van der Waals surface area contributed by atoms with Crippen molar-refractivity contribution in [2.24, 2.45) is 10.1 Å². The molecule has 3 aromatic carbocycles. The van der Waals surface area contributed by atoms with Crippen LogP contribution < -0.4 is 15.1 Å². The topological polar surface area (TPSA) is 97.0 Å². The van der Waals surface area contributed by atoms with Crippen molar-refractivity contribution in [3.63, 3.8) is 0 Å². The summed E-state index contributed by atoms with van der Waals surface area (Å²) < 4.78 is 41.7. The maximum atomic E-state index is 13.0. The van der Waals surface area contributed by atoms with Crippen molar-refractivity contribution in [1.29, 1.82) is 0 Å². The van der Waals surface area contributed by atoms with Gasteiger partial charge in [0.05, 0.1) is 17.6 Å². The molecule has 232 valence electrons. The molecule has 1 aliphatic rings. The van der Waals surface area contributed by atoms with Crippen LogP contribution in [0.1, 0.15) is 36.5 Å². The van der Waals surface area contributed by atoms with Gasteiger partial charge in [0.15, 0.2) is 15.7 Å². The van der Waals surface area contributed by atoms with Gasteiger partial charge in [-0.25, -0.2) is 9.67 Å². The van der Waals surface area contributed by atoms with Crippen LogP contribution in [0.25, 0.3) is 17.1 Å². The van der Waals surface area contributed by atoms with E-state index in [1.807, 2.05) is 25.1 Å². The molecule has 1 unspecified atom stereocenters. The Morgan fingerprint density at radius 3 is 2.51 bits per heavy atom. The minimum Gasteiger partial charge on any atom is -0.406 e. The number of thioether (sulfide) groups is 1. The van der Waals surface area contributed by atoms with Gasteiger partial charge in [-0.05, 0) is 72.1 Å². The number of amides is 1. The summed E-state index contributed by atoms with van der Waals surface area (Å²) in [6.45, 7) is 6.06. The van der Waals surface area contributed by atoms with Crippen LogP contribution in [0.5, 0.6) is 5.75 Å². The third-order valence-electron chi connectivity index (χ3n) is 6.43. The lowest BCUT2D eigenvalue weighted by atomic mass is 9.99. The van der Waals surface area contributed by atoms with Crippen LogP contribution in [0.15, 0.2) is 83.2 Å². The average molecular weight is 672 g/mol. The molecule has 1 amide bonds. The fourth-order valence-corrected chi connectivity index (χ4v) is 5.70. The molecule has 0 aliphatic carbocycles. The van der Waals surface area contributed by atoms with Crippen LogP contribution in [0.3, 0.4) is 0 Å². The molecule has 9 nitrogen and oxygen atoms in total. The summed E-state index contributed by atoms with van der Waals surface area (Å²) in [5, 5.41) is 8.99. The SMILES string of the molecule is Cc1ccc(C(C)C)c(N2C(=O)C(Cl)S/C2=N\C(=S)N/N=C/c2ccc(-c3ncn(-c4ccc(OC(F)(F)F)cc4)n3)cc2)c1. The van der Waals surface area contributed by atoms with E-state index in [1.165, 1.54) is 40.2 Å². The van der Waals surface area contributed by atoms with Crippen LogP contribution in [0, 0.1) is 6.92 Å². The van der Waals surface area contributed by atoms with Crippen LogP contribution in [0.2, 0.25) is 0 Å². The second kappa shape index (κ2) is 13.4. The Labute approximate surface area is 271 Å². The van der Waals surface area contributed by atoms with Gasteiger partial charge in [-0.3, -0.25) is 15.1 Å². The van der Waals surface area contributed by atoms with E-state index in [0.717, 1.165) is 34.1 Å². The summed E-state index contributed by atoms with van der Waals surface area (Å²) in [5.74, 6) is -0.0206. The predicted octanol–water partition coefficient (Wildman–Crippen LogP) is 7.17. The summed E-state index contributed by atoms with van der Waals surface area (Å²) in [5.41, 5.74) is 7.40. The fraction of sp³-hybridized carbons (Fsp3) is 0.200. The highest BCUT2D eigenvalue weighted by Gasteiger charge is 2.39. The number of halogens is 4. The quantitative estimate of drug-likeness (QED) is 0.0963. The lowest BCUT2D eigenvalue weighted by molar-refractivity contribution is -0.274. The van der Waals surface area contributed by atoms with Gasteiger partial charge in [0.2, 0.25) is 5.11 Å². The Kier molecular flexibility index (Phi) is 9.56. The smallest absolute Gasteiger partial charge is 0.406 e. The van der Waals surface area contributed by atoms with Gasteiger partial charge >= 0.3 is 6.36 Å². The number of alkyl halides is 4. The minimum atomic E-state index is -4.76. The molecule has 0 radical (unpaired) electrons. The summed E-state index contributed by atoms with van der Waals surface area (Å²) in [7, 11) is 0. The number of anilines is 1. The largest absolute Gasteiger partial charge is 0.573 e. The highest BCUT2D eigenvalue weighted by Crippen LogP contribution is 2.38. The number of hydrazone groups is 1. The maximum absolute atomic E-state index is 13.0. The first-order chi connectivity index (χ1) is 21.4. The molecule has 4 aromatic rings. The average Bonchev–Trinajstić information content (AvgIpc) is 3.57. The van der Waals surface area contributed by atoms with E-state index in [4.69, 9.17) is 23.8 Å². The number of amidine groups is 1. The molecule has 2 heterocycles. The number of thiocarbonyl (C=S) groups is 1. The molecule has 1 aromatic heterocycles. The molecule has 1 saturated heterocycles. The molecule has 1 aliphatic heterocycles. The number of carbonyl (C=O) groups excluding carboxylic acids is 1. The van der Waals surface area contributed by atoms with E-state index in [1.54, 1.807) is 30.5 Å². The number of nitrogens with one attached hydrogen (secondary N) is 1. The molecule has 1 fully saturated rings. The number of aryl methyl sites for hydroxylation is 1. The number of aromatic nitrogens is 3. The molecule has 0 saturated carbocycles. The normalized spacial score (nSPS) is 16.3. The van der Waals surface area contributed by atoms with Crippen molar-refractivity contribution in [2.75, 3.05) is 4.90 Å². The first-order valence-electron chi connectivity index (χ1n) is 13.4. The molecule has 5 rings (SSSR count). The van der Waals surface area contributed by atoms with E-state index in [2.05, 4.69) is 44.2 Å².